The van der Waals surface area contributed by atoms with Crippen molar-refractivity contribution in [3.63, 3.8) is 0 Å². The molecule has 2 aromatic heterocycles. The van der Waals surface area contributed by atoms with Crippen LogP contribution in [0.5, 0.6) is 11.5 Å². The van der Waals surface area contributed by atoms with E-state index in [1.165, 1.54) is 4.57 Å². The number of ether oxygens (including phenoxy) is 2. The topological polar surface area (TPSA) is 98.0 Å². The molecule has 0 amide bonds. The number of nitrogens with zero attached hydrogens (tertiary/aromatic N) is 7. The third kappa shape index (κ3) is 5.42. The number of likely N-dealkylation sites (N-methyl/N-ethyl adjacent to an activating group) is 1. The Morgan fingerprint density at radius 2 is 1.49 bits per heavy atom. The van der Waals surface area contributed by atoms with E-state index in [0.29, 0.717) is 67.5 Å². The van der Waals surface area contributed by atoms with Gasteiger partial charge >= 0.3 is 5.69 Å². The van der Waals surface area contributed by atoms with Gasteiger partial charge in [0.05, 0.1) is 29.6 Å². The van der Waals surface area contributed by atoms with Gasteiger partial charge in [-0.05, 0) is 58.9 Å². The van der Waals surface area contributed by atoms with Crippen LogP contribution in [0.3, 0.4) is 0 Å². The minimum absolute atomic E-state index is 0.193. The van der Waals surface area contributed by atoms with Gasteiger partial charge in [-0.1, -0.05) is 11.6 Å². The van der Waals surface area contributed by atoms with Crippen LogP contribution in [-0.2, 0) is 7.05 Å². The first-order chi connectivity index (χ1) is 20.8. The highest BCUT2D eigenvalue weighted by Crippen LogP contribution is 2.38. The second-order valence-corrected chi connectivity index (χ2v) is 11.6. The zero-order valence-corrected chi connectivity index (χ0v) is 25.8. The van der Waals surface area contributed by atoms with E-state index < -0.39 is 0 Å². The number of piperidine rings is 1. The SMILES string of the molecule is CCOc1cc2nc(N3CCN(C)CC3)nc(N3CCC(n4c(=O)c5cc(C)ccc5n(C)c4=O)CC3)c2cc1OCC. The number of rotatable bonds is 7. The number of hydrogen-bond acceptors (Lipinski definition) is 9. The van der Waals surface area contributed by atoms with Crippen molar-refractivity contribution in [2.75, 3.05) is 69.3 Å². The highest BCUT2D eigenvalue weighted by Gasteiger charge is 2.28. The summed E-state index contributed by atoms with van der Waals surface area (Å²) in [6.07, 6.45) is 1.30. The molecule has 0 spiro atoms. The van der Waals surface area contributed by atoms with Crippen molar-refractivity contribution in [3.8, 4) is 11.5 Å². The minimum Gasteiger partial charge on any atom is -0.490 e. The largest absolute Gasteiger partial charge is 0.490 e. The van der Waals surface area contributed by atoms with Crippen molar-refractivity contribution in [1.29, 1.82) is 0 Å². The Labute approximate surface area is 251 Å². The van der Waals surface area contributed by atoms with Crippen LogP contribution in [0.2, 0.25) is 0 Å². The van der Waals surface area contributed by atoms with Crippen LogP contribution in [0, 0.1) is 6.92 Å². The summed E-state index contributed by atoms with van der Waals surface area (Å²) >= 11 is 0. The lowest BCUT2D eigenvalue weighted by Gasteiger charge is -2.36. The van der Waals surface area contributed by atoms with Gasteiger partial charge in [0.15, 0.2) is 11.5 Å². The van der Waals surface area contributed by atoms with Gasteiger partial charge in [-0.15, -0.1) is 0 Å². The average Bonchev–Trinajstić information content (AvgIpc) is 3.01. The first-order valence-corrected chi connectivity index (χ1v) is 15.3. The minimum atomic E-state index is -0.269. The van der Waals surface area contributed by atoms with Crippen LogP contribution < -0.4 is 30.5 Å². The Balaban J connectivity index is 1.37. The second-order valence-electron chi connectivity index (χ2n) is 11.6. The van der Waals surface area contributed by atoms with Crippen LogP contribution in [0.25, 0.3) is 21.8 Å². The Morgan fingerprint density at radius 1 is 0.814 bits per heavy atom. The van der Waals surface area contributed by atoms with E-state index in [9.17, 15) is 9.59 Å². The molecule has 0 bridgehead atoms. The van der Waals surface area contributed by atoms with Crippen LogP contribution in [0.1, 0.15) is 38.3 Å². The maximum atomic E-state index is 13.6. The number of aryl methyl sites for hydroxylation is 2. The lowest BCUT2D eigenvalue weighted by Crippen LogP contribution is -2.46. The highest BCUT2D eigenvalue weighted by molar-refractivity contribution is 5.93. The van der Waals surface area contributed by atoms with E-state index in [1.54, 1.807) is 11.6 Å². The normalized spacial score (nSPS) is 16.8. The highest BCUT2D eigenvalue weighted by atomic mass is 16.5. The predicted octanol–water partition coefficient (Wildman–Crippen LogP) is 3.34. The summed E-state index contributed by atoms with van der Waals surface area (Å²) < 4.78 is 15.0. The first kappa shape index (κ1) is 29.0. The number of hydrogen-bond donors (Lipinski definition) is 0. The number of anilines is 2. The van der Waals surface area contributed by atoms with Crippen molar-refractivity contribution in [2.24, 2.45) is 7.05 Å². The Morgan fingerprint density at radius 3 is 2.16 bits per heavy atom. The molecule has 0 aliphatic carbocycles. The van der Waals surface area contributed by atoms with Gasteiger partial charge in [0.1, 0.15) is 5.82 Å². The van der Waals surface area contributed by atoms with Gasteiger partial charge < -0.3 is 24.2 Å². The third-order valence-corrected chi connectivity index (χ3v) is 8.70. The maximum absolute atomic E-state index is 13.6. The van der Waals surface area contributed by atoms with E-state index in [-0.39, 0.29) is 17.3 Å². The monoisotopic (exact) mass is 587 g/mol. The van der Waals surface area contributed by atoms with Crippen molar-refractivity contribution in [1.82, 2.24) is 24.0 Å². The Kier molecular flexibility index (Phi) is 8.00. The van der Waals surface area contributed by atoms with E-state index in [0.717, 1.165) is 48.5 Å². The van der Waals surface area contributed by atoms with Crippen LogP contribution in [0.4, 0.5) is 11.8 Å². The number of aromatic nitrogens is 4. The molecule has 11 nitrogen and oxygen atoms in total. The smallest absolute Gasteiger partial charge is 0.331 e. The summed E-state index contributed by atoms with van der Waals surface area (Å²) in [6.45, 7) is 11.8. The fourth-order valence-corrected chi connectivity index (χ4v) is 6.29. The summed E-state index contributed by atoms with van der Waals surface area (Å²) in [5.74, 6) is 2.90. The molecule has 43 heavy (non-hydrogen) atoms. The maximum Gasteiger partial charge on any atom is 0.331 e. The summed E-state index contributed by atoms with van der Waals surface area (Å²) in [5, 5.41) is 1.48. The zero-order valence-electron chi connectivity index (χ0n) is 25.8. The Bertz CT molecular complexity index is 1770. The molecule has 2 fully saturated rings. The van der Waals surface area contributed by atoms with Gasteiger partial charge in [0.2, 0.25) is 5.95 Å². The molecule has 4 heterocycles. The molecule has 228 valence electrons. The van der Waals surface area contributed by atoms with Crippen molar-refractivity contribution in [3.05, 3.63) is 56.7 Å². The van der Waals surface area contributed by atoms with Gasteiger partial charge in [-0.2, -0.15) is 4.98 Å². The molecule has 0 radical (unpaired) electrons. The molecule has 2 saturated heterocycles. The van der Waals surface area contributed by atoms with Gasteiger partial charge in [-0.3, -0.25) is 13.9 Å². The van der Waals surface area contributed by atoms with Crippen LogP contribution >= 0.6 is 0 Å². The lowest BCUT2D eigenvalue weighted by atomic mass is 10.0. The van der Waals surface area contributed by atoms with E-state index in [4.69, 9.17) is 19.4 Å². The van der Waals surface area contributed by atoms with E-state index in [2.05, 4.69) is 21.7 Å². The van der Waals surface area contributed by atoms with Gasteiger partial charge in [0, 0.05) is 63.8 Å². The van der Waals surface area contributed by atoms with E-state index in [1.807, 2.05) is 51.1 Å². The van der Waals surface area contributed by atoms with Crippen molar-refractivity contribution < 1.29 is 9.47 Å². The number of fused-ring (bicyclic) bond motifs is 2. The molecule has 2 aliphatic heterocycles. The first-order valence-electron chi connectivity index (χ1n) is 15.3. The summed E-state index contributed by atoms with van der Waals surface area (Å²) in [6, 6.07) is 9.42. The molecule has 0 saturated carbocycles. The van der Waals surface area contributed by atoms with Gasteiger partial charge in [0.25, 0.3) is 5.56 Å². The summed E-state index contributed by atoms with van der Waals surface area (Å²) in [4.78, 5) is 43.9. The molecule has 0 unspecified atom stereocenters. The molecule has 2 aliphatic rings. The quantitative estimate of drug-likeness (QED) is 0.323. The molecule has 6 rings (SSSR count). The fourth-order valence-electron chi connectivity index (χ4n) is 6.29. The number of piperazine rings is 1. The standard InChI is InChI=1S/C32H41N7O4/c1-6-42-27-19-23-25(20-28(27)43-7-2)33-31(38-16-14-35(4)15-17-38)34-29(23)37-12-10-22(11-13-37)39-30(40)24-18-21(3)8-9-26(24)36(5)32(39)41/h8-9,18-20,22H,6-7,10-17H2,1-5H3. The summed E-state index contributed by atoms with van der Waals surface area (Å²) in [5.41, 5.74) is 1.98. The predicted molar refractivity (Wildman–Crippen MR) is 170 cm³/mol. The van der Waals surface area contributed by atoms with Crippen LogP contribution in [-0.4, -0.2) is 83.5 Å². The summed E-state index contributed by atoms with van der Waals surface area (Å²) in [7, 11) is 3.87. The van der Waals surface area contributed by atoms with Crippen LogP contribution in [0.15, 0.2) is 39.9 Å². The van der Waals surface area contributed by atoms with E-state index >= 15 is 0 Å². The van der Waals surface area contributed by atoms with Gasteiger partial charge in [-0.25, -0.2) is 9.78 Å². The molecule has 11 heteroatoms. The lowest BCUT2D eigenvalue weighted by molar-refractivity contribution is 0.288. The molecule has 4 aromatic rings. The number of benzene rings is 2. The molecular formula is C32H41N7O4. The molecule has 2 aromatic carbocycles. The fraction of sp³-hybridized carbons (Fsp3) is 0.500. The van der Waals surface area contributed by atoms with Crippen molar-refractivity contribution >= 4 is 33.6 Å². The molecular weight excluding hydrogens is 546 g/mol. The molecule has 0 atom stereocenters. The molecule has 0 N–H and O–H groups in total. The third-order valence-electron chi connectivity index (χ3n) is 8.70. The zero-order chi connectivity index (χ0) is 30.2. The van der Waals surface area contributed by atoms with Crippen molar-refractivity contribution in [2.45, 2.75) is 39.7 Å². The Hall–Kier alpha value is -4.12. The second kappa shape index (κ2) is 11.9. The average molecular weight is 588 g/mol.